The summed E-state index contributed by atoms with van der Waals surface area (Å²) in [5, 5.41) is 6.75. The summed E-state index contributed by atoms with van der Waals surface area (Å²) in [4.78, 5) is 0.199. The van der Waals surface area contributed by atoms with Gasteiger partial charge in [0.1, 0.15) is 4.90 Å². The van der Waals surface area contributed by atoms with E-state index in [1.165, 1.54) is 4.31 Å². The molecule has 0 amide bonds. The lowest BCUT2D eigenvalue weighted by molar-refractivity contribution is 0.445. The van der Waals surface area contributed by atoms with Gasteiger partial charge in [-0.2, -0.15) is 4.31 Å². The number of hydrogen-bond donors (Lipinski definition) is 2. The molecule has 0 bridgehead atoms. The zero-order valence-corrected chi connectivity index (χ0v) is 17.3. The van der Waals surface area contributed by atoms with Gasteiger partial charge in [-0.1, -0.05) is 43.6 Å². The van der Waals surface area contributed by atoms with E-state index in [9.17, 15) is 8.42 Å². The van der Waals surface area contributed by atoms with Crippen LogP contribution in [0.4, 0.5) is 11.4 Å². The average molecular weight is 412 g/mol. The average Bonchev–Trinajstić information content (AvgIpc) is 2.59. The van der Waals surface area contributed by atoms with E-state index in [0.29, 0.717) is 29.5 Å². The Bertz CT molecular complexity index is 897. The van der Waals surface area contributed by atoms with Crippen molar-refractivity contribution in [1.82, 2.24) is 4.31 Å². The lowest BCUT2D eigenvalue weighted by Crippen LogP contribution is -2.31. The molecule has 26 heavy (non-hydrogen) atoms. The van der Waals surface area contributed by atoms with Crippen LogP contribution in [-0.4, -0.2) is 30.9 Å². The molecule has 2 aromatic rings. The fraction of sp³-hybridized carbons (Fsp3) is 0.278. The molecule has 5 nitrogen and oxygen atoms in total. The number of nitrogens with one attached hydrogen (secondary N) is 2. The molecule has 0 heterocycles. The molecule has 0 radical (unpaired) electrons. The zero-order valence-electron chi connectivity index (χ0n) is 14.9. The van der Waals surface area contributed by atoms with Crippen molar-refractivity contribution in [1.29, 1.82) is 0 Å². The highest BCUT2D eigenvalue weighted by Gasteiger charge is 2.25. The number of aryl methyl sites for hydroxylation is 1. The van der Waals surface area contributed by atoms with Crippen molar-refractivity contribution >= 4 is 50.3 Å². The first kappa shape index (κ1) is 20.6. The van der Waals surface area contributed by atoms with Gasteiger partial charge in [0.15, 0.2) is 5.11 Å². The lowest BCUT2D eigenvalue weighted by atomic mass is 10.2. The Hall–Kier alpha value is -1.67. The number of hydrogen-bond acceptors (Lipinski definition) is 3. The quantitative estimate of drug-likeness (QED) is 0.686. The van der Waals surface area contributed by atoms with E-state index in [2.05, 4.69) is 10.6 Å². The summed E-state index contributed by atoms with van der Waals surface area (Å²) in [7, 11) is -3.62. The minimum atomic E-state index is -3.62. The topological polar surface area (TPSA) is 61.4 Å². The minimum absolute atomic E-state index is 0.199. The van der Waals surface area contributed by atoms with E-state index in [4.69, 9.17) is 23.8 Å². The molecule has 0 aliphatic carbocycles. The second-order valence-corrected chi connectivity index (χ2v) is 8.37. The van der Waals surface area contributed by atoms with Crippen molar-refractivity contribution in [2.45, 2.75) is 25.7 Å². The van der Waals surface area contributed by atoms with Gasteiger partial charge in [-0.25, -0.2) is 8.42 Å². The van der Waals surface area contributed by atoms with Gasteiger partial charge in [0.25, 0.3) is 0 Å². The van der Waals surface area contributed by atoms with Gasteiger partial charge in [-0.3, -0.25) is 0 Å². The Kier molecular flexibility index (Phi) is 7.00. The molecule has 0 unspecified atom stereocenters. The van der Waals surface area contributed by atoms with Crippen LogP contribution in [0.5, 0.6) is 0 Å². The van der Waals surface area contributed by atoms with E-state index < -0.39 is 10.0 Å². The second-order valence-electron chi connectivity index (χ2n) is 5.65. The molecule has 0 saturated carbocycles. The normalized spacial score (nSPS) is 11.4. The van der Waals surface area contributed by atoms with Crippen molar-refractivity contribution in [3.05, 3.63) is 53.1 Å². The maximum Gasteiger partial charge on any atom is 0.245 e. The second kappa shape index (κ2) is 8.81. The number of benzene rings is 2. The molecule has 0 atom stereocenters. The number of anilines is 2. The Morgan fingerprint density at radius 3 is 2.31 bits per heavy atom. The molecule has 2 rings (SSSR count). The first-order valence-electron chi connectivity index (χ1n) is 8.23. The Balaban J connectivity index is 2.33. The summed E-state index contributed by atoms with van der Waals surface area (Å²) >= 11 is 11.4. The summed E-state index contributed by atoms with van der Waals surface area (Å²) in [5.41, 5.74) is 1.92. The molecule has 0 aliphatic heterocycles. The predicted molar refractivity (Wildman–Crippen MR) is 113 cm³/mol. The van der Waals surface area contributed by atoms with E-state index in [1.54, 1.807) is 24.3 Å². The van der Waals surface area contributed by atoms with Crippen LogP contribution in [-0.2, 0) is 10.0 Å². The highest BCUT2D eigenvalue weighted by Crippen LogP contribution is 2.27. The van der Waals surface area contributed by atoms with Gasteiger partial charge >= 0.3 is 0 Å². The molecule has 0 fully saturated rings. The van der Waals surface area contributed by atoms with E-state index in [-0.39, 0.29) is 10.0 Å². The van der Waals surface area contributed by atoms with Crippen LogP contribution in [0.15, 0.2) is 47.4 Å². The highest BCUT2D eigenvalue weighted by atomic mass is 35.5. The highest BCUT2D eigenvalue weighted by molar-refractivity contribution is 7.89. The third kappa shape index (κ3) is 4.73. The van der Waals surface area contributed by atoms with E-state index in [1.807, 2.05) is 39.0 Å². The molecule has 0 saturated heterocycles. The number of sulfonamides is 1. The Morgan fingerprint density at radius 2 is 1.69 bits per heavy atom. The monoisotopic (exact) mass is 411 g/mol. The summed E-state index contributed by atoms with van der Waals surface area (Å²) in [6, 6.07) is 12.4. The van der Waals surface area contributed by atoms with Crippen molar-refractivity contribution < 1.29 is 8.42 Å². The van der Waals surface area contributed by atoms with Gasteiger partial charge in [0, 0.05) is 13.1 Å². The summed E-state index contributed by atoms with van der Waals surface area (Å²) in [5.74, 6) is 0. The molecule has 2 aromatic carbocycles. The first-order chi connectivity index (χ1) is 12.3. The number of rotatable bonds is 6. The van der Waals surface area contributed by atoms with Crippen LogP contribution in [0.1, 0.15) is 19.4 Å². The SMILES string of the molecule is CCN(CC)S(=O)(=O)c1cc(C)ccc1NC(=S)Nc1ccccc1Cl. The van der Waals surface area contributed by atoms with Crippen molar-refractivity contribution in [2.24, 2.45) is 0 Å². The van der Waals surface area contributed by atoms with Crippen LogP contribution >= 0.6 is 23.8 Å². The first-order valence-corrected chi connectivity index (χ1v) is 10.5. The third-order valence-corrected chi connectivity index (χ3v) is 6.45. The number of para-hydroxylation sites is 1. The fourth-order valence-corrected chi connectivity index (χ4v) is 4.58. The van der Waals surface area contributed by atoms with E-state index >= 15 is 0 Å². The van der Waals surface area contributed by atoms with Crippen molar-refractivity contribution in [3.63, 3.8) is 0 Å². The lowest BCUT2D eigenvalue weighted by Gasteiger charge is -2.21. The Morgan fingerprint density at radius 1 is 1.08 bits per heavy atom. The summed E-state index contributed by atoms with van der Waals surface area (Å²) < 4.78 is 27.3. The van der Waals surface area contributed by atoms with Gasteiger partial charge < -0.3 is 10.6 Å². The van der Waals surface area contributed by atoms with Gasteiger partial charge in [0.05, 0.1) is 16.4 Å². The third-order valence-electron chi connectivity index (χ3n) is 3.83. The molecule has 2 N–H and O–H groups in total. The van der Waals surface area contributed by atoms with E-state index in [0.717, 1.165) is 5.56 Å². The summed E-state index contributed by atoms with van der Waals surface area (Å²) in [6.45, 7) is 6.27. The van der Waals surface area contributed by atoms with Crippen molar-refractivity contribution in [3.8, 4) is 0 Å². The van der Waals surface area contributed by atoms with Gasteiger partial charge in [0.2, 0.25) is 10.0 Å². The Labute approximate surface area is 165 Å². The van der Waals surface area contributed by atoms with Gasteiger partial charge in [-0.15, -0.1) is 0 Å². The standard InChI is InChI=1S/C18H22ClN3O2S2/c1-4-22(5-2)26(23,24)17-12-13(3)10-11-16(17)21-18(25)20-15-9-7-6-8-14(15)19/h6-12H,4-5H2,1-3H3,(H2,20,21,25). The van der Waals surface area contributed by atoms with Crippen LogP contribution in [0.2, 0.25) is 5.02 Å². The maximum absolute atomic E-state index is 13.0. The van der Waals surface area contributed by atoms with Crippen LogP contribution in [0, 0.1) is 6.92 Å². The predicted octanol–water partition coefficient (Wildman–Crippen LogP) is 4.49. The van der Waals surface area contributed by atoms with Crippen LogP contribution in [0.3, 0.4) is 0 Å². The molecule has 8 heteroatoms. The molecular formula is C18H22ClN3O2S2. The zero-order chi connectivity index (χ0) is 19.3. The number of nitrogens with zero attached hydrogens (tertiary/aromatic N) is 1. The van der Waals surface area contributed by atoms with Crippen LogP contribution < -0.4 is 10.6 Å². The molecule has 140 valence electrons. The smallest absolute Gasteiger partial charge is 0.245 e. The maximum atomic E-state index is 13.0. The molecule has 0 aliphatic rings. The largest absolute Gasteiger partial charge is 0.331 e. The van der Waals surface area contributed by atoms with Crippen molar-refractivity contribution in [2.75, 3.05) is 23.7 Å². The molecule has 0 spiro atoms. The number of thiocarbonyl (C=S) groups is 1. The van der Waals surface area contributed by atoms with Gasteiger partial charge in [-0.05, 0) is 49.0 Å². The van der Waals surface area contributed by atoms with Crippen LogP contribution in [0.25, 0.3) is 0 Å². The molecular weight excluding hydrogens is 390 g/mol. The summed E-state index contributed by atoms with van der Waals surface area (Å²) in [6.07, 6.45) is 0. The fourth-order valence-electron chi connectivity index (χ4n) is 2.49. The minimum Gasteiger partial charge on any atom is -0.331 e. The molecule has 0 aromatic heterocycles. The number of halogens is 1.